The summed E-state index contributed by atoms with van der Waals surface area (Å²) in [6.07, 6.45) is 0.751. The number of thiazole rings is 1. The predicted molar refractivity (Wildman–Crippen MR) is 128 cm³/mol. The van der Waals surface area contributed by atoms with Crippen molar-refractivity contribution >= 4 is 28.3 Å². The van der Waals surface area contributed by atoms with Gasteiger partial charge in [-0.25, -0.2) is 4.98 Å². The van der Waals surface area contributed by atoms with Gasteiger partial charge in [-0.15, -0.1) is 11.3 Å². The second kappa shape index (κ2) is 11.9. The molecule has 33 heavy (non-hydrogen) atoms. The average molecular weight is 470 g/mol. The molecule has 9 heteroatoms. The van der Waals surface area contributed by atoms with E-state index >= 15 is 0 Å². The van der Waals surface area contributed by atoms with Crippen molar-refractivity contribution in [1.29, 1.82) is 0 Å². The summed E-state index contributed by atoms with van der Waals surface area (Å²) in [6.45, 7) is 2.72. The molecule has 0 aliphatic heterocycles. The van der Waals surface area contributed by atoms with Gasteiger partial charge in [0.15, 0.2) is 5.13 Å². The van der Waals surface area contributed by atoms with Crippen LogP contribution in [-0.4, -0.2) is 44.2 Å². The first kappa shape index (κ1) is 24.1. The fraction of sp³-hybridized carbons (Fsp3) is 0.292. The Balaban J connectivity index is 1.50. The number of hydrogen-bond acceptors (Lipinski definition) is 7. The minimum atomic E-state index is -0.226. The fourth-order valence-corrected chi connectivity index (χ4v) is 3.86. The van der Waals surface area contributed by atoms with E-state index in [4.69, 9.17) is 14.2 Å². The average Bonchev–Trinajstić information content (AvgIpc) is 3.30. The molecule has 8 nitrogen and oxygen atoms in total. The number of para-hydroxylation sites is 1. The Morgan fingerprint density at radius 1 is 1.06 bits per heavy atom. The van der Waals surface area contributed by atoms with Crippen LogP contribution in [0.4, 0.5) is 5.13 Å². The summed E-state index contributed by atoms with van der Waals surface area (Å²) in [5.41, 5.74) is 1.95. The van der Waals surface area contributed by atoms with Crippen molar-refractivity contribution in [3.63, 3.8) is 0 Å². The van der Waals surface area contributed by atoms with Crippen molar-refractivity contribution in [3.05, 3.63) is 53.4 Å². The van der Waals surface area contributed by atoms with E-state index < -0.39 is 0 Å². The van der Waals surface area contributed by atoms with Crippen LogP contribution in [-0.2, 0) is 4.79 Å². The molecule has 2 aromatic carbocycles. The molecule has 3 rings (SSSR count). The first-order valence-corrected chi connectivity index (χ1v) is 11.4. The molecule has 1 heterocycles. The summed E-state index contributed by atoms with van der Waals surface area (Å²) in [7, 11) is 3.19. The first-order valence-electron chi connectivity index (χ1n) is 10.5. The van der Waals surface area contributed by atoms with Gasteiger partial charge in [0.2, 0.25) is 5.91 Å². The molecule has 174 valence electrons. The van der Waals surface area contributed by atoms with Crippen molar-refractivity contribution < 1.29 is 23.8 Å². The monoisotopic (exact) mass is 469 g/mol. The summed E-state index contributed by atoms with van der Waals surface area (Å²) in [5, 5.41) is 7.98. The molecular formula is C24H27N3O5S. The molecule has 1 aromatic heterocycles. The second-order valence-electron chi connectivity index (χ2n) is 6.94. The standard InChI is InChI=1S/C24H27N3O5S/c1-4-32-21-9-6-5-8-17(21)23(29)25-13-7-10-22(28)27-24-26-19(15-33-24)18-14-16(30-2)11-12-20(18)31-3/h5-6,8-9,11-12,14-15H,4,7,10,13H2,1-3H3,(H,25,29)(H,26,27,28). The molecule has 0 fully saturated rings. The molecule has 2 amide bonds. The summed E-state index contributed by atoms with van der Waals surface area (Å²) >= 11 is 1.33. The smallest absolute Gasteiger partial charge is 0.255 e. The highest BCUT2D eigenvalue weighted by molar-refractivity contribution is 7.14. The lowest BCUT2D eigenvalue weighted by atomic mass is 10.1. The molecule has 0 unspecified atom stereocenters. The van der Waals surface area contributed by atoms with E-state index in [1.54, 1.807) is 32.4 Å². The van der Waals surface area contributed by atoms with Gasteiger partial charge in [0, 0.05) is 23.9 Å². The normalized spacial score (nSPS) is 10.4. The number of benzene rings is 2. The number of amides is 2. The molecule has 0 atom stereocenters. The van der Waals surface area contributed by atoms with Crippen molar-refractivity contribution in [2.45, 2.75) is 19.8 Å². The van der Waals surface area contributed by atoms with Gasteiger partial charge in [-0.2, -0.15) is 0 Å². The Kier molecular flexibility index (Phi) is 8.65. The number of nitrogens with zero attached hydrogens (tertiary/aromatic N) is 1. The van der Waals surface area contributed by atoms with Crippen LogP contribution in [0, 0.1) is 0 Å². The lowest BCUT2D eigenvalue weighted by Crippen LogP contribution is -2.26. The van der Waals surface area contributed by atoms with Gasteiger partial charge >= 0.3 is 0 Å². The molecule has 0 saturated carbocycles. The Bertz CT molecular complexity index is 1100. The SMILES string of the molecule is CCOc1ccccc1C(=O)NCCCC(=O)Nc1nc(-c2cc(OC)ccc2OC)cs1. The zero-order valence-corrected chi connectivity index (χ0v) is 19.7. The van der Waals surface area contributed by atoms with Crippen LogP contribution in [0.3, 0.4) is 0 Å². The highest BCUT2D eigenvalue weighted by Crippen LogP contribution is 2.35. The highest BCUT2D eigenvalue weighted by atomic mass is 32.1. The van der Waals surface area contributed by atoms with Crippen LogP contribution < -0.4 is 24.8 Å². The van der Waals surface area contributed by atoms with Gasteiger partial charge in [0.25, 0.3) is 5.91 Å². The minimum absolute atomic E-state index is 0.169. The summed E-state index contributed by atoms with van der Waals surface area (Å²) in [4.78, 5) is 29.2. The molecule has 2 N–H and O–H groups in total. The zero-order valence-electron chi connectivity index (χ0n) is 18.8. The largest absolute Gasteiger partial charge is 0.497 e. The quantitative estimate of drug-likeness (QED) is 0.405. The maximum atomic E-state index is 12.4. The van der Waals surface area contributed by atoms with Gasteiger partial charge < -0.3 is 24.8 Å². The minimum Gasteiger partial charge on any atom is -0.497 e. The van der Waals surface area contributed by atoms with Crippen LogP contribution in [0.1, 0.15) is 30.1 Å². The first-order chi connectivity index (χ1) is 16.0. The van der Waals surface area contributed by atoms with E-state index in [9.17, 15) is 9.59 Å². The van der Waals surface area contributed by atoms with Crippen molar-refractivity contribution in [1.82, 2.24) is 10.3 Å². The topological polar surface area (TPSA) is 98.8 Å². The Morgan fingerprint density at radius 2 is 1.88 bits per heavy atom. The number of nitrogens with one attached hydrogen (secondary N) is 2. The number of methoxy groups -OCH3 is 2. The summed E-state index contributed by atoms with van der Waals surface area (Å²) < 4.78 is 16.2. The number of hydrogen-bond donors (Lipinski definition) is 2. The van der Waals surface area contributed by atoms with Gasteiger partial charge in [0.1, 0.15) is 17.2 Å². The van der Waals surface area contributed by atoms with E-state index in [1.807, 2.05) is 36.6 Å². The Hall–Kier alpha value is -3.59. The summed E-state index contributed by atoms with van der Waals surface area (Å²) in [6, 6.07) is 12.5. The summed E-state index contributed by atoms with van der Waals surface area (Å²) in [5.74, 6) is 1.51. The van der Waals surface area contributed by atoms with Gasteiger partial charge in [-0.1, -0.05) is 12.1 Å². The van der Waals surface area contributed by atoms with Crippen LogP contribution in [0.2, 0.25) is 0 Å². The number of carbonyl (C=O) groups excluding carboxylic acids is 2. The molecule has 0 spiro atoms. The second-order valence-corrected chi connectivity index (χ2v) is 7.80. The van der Waals surface area contributed by atoms with Gasteiger partial charge in [-0.3, -0.25) is 9.59 Å². The third-order valence-corrected chi connectivity index (χ3v) is 5.49. The number of aromatic nitrogens is 1. The lowest BCUT2D eigenvalue weighted by molar-refractivity contribution is -0.116. The fourth-order valence-electron chi connectivity index (χ4n) is 3.13. The lowest BCUT2D eigenvalue weighted by Gasteiger charge is -2.10. The number of carbonyl (C=O) groups is 2. The number of rotatable bonds is 11. The molecular weight excluding hydrogens is 442 g/mol. The molecule has 0 aliphatic carbocycles. The maximum Gasteiger partial charge on any atom is 0.255 e. The molecule has 3 aromatic rings. The van der Waals surface area contributed by atoms with E-state index in [0.29, 0.717) is 53.2 Å². The van der Waals surface area contributed by atoms with Crippen LogP contribution in [0.15, 0.2) is 47.8 Å². The Labute approximate surface area is 196 Å². The molecule has 0 saturated heterocycles. The molecule has 0 bridgehead atoms. The van der Waals surface area contributed by atoms with Crippen molar-refractivity contribution in [2.75, 3.05) is 32.7 Å². The maximum absolute atomic E-state index is 12.4. The van der Waals surface area contributed by atoms with E-state index in [0.717, 1.165) is 5.56 Å². The number of ether oxygens (including phenoxy) is 3. The zero-order chi connectivity index (χ0) is 23.6. The van der Waals surface area contributed by atoms with E-state index in [-0.39, 0.29) is 18.2 Å². The Morgan fingerprint density at radius 3 is 2.64 bits per heavy atom. The molecule has 0 radical (unpaired) electrons. The van der Waals surface area contributed by atoms with E-state index in [2.05, 4.69) is 15.6 Å². The van der Waals surface area contributed by atoms with Crippen LogP contribution in [0.25, 0.3) is 11.3 Å². The van der Waals surface area contributed by atoms with Crippen molar-refractivity contribution in [3.8, 4) is 28.5 Å². The van der Waals surface area contributed by atoms with Gasteiger partial charge in [-0.05, 0) is 43.7 Å². The third-order valence-electron chi connectivity index (χ3n) is 4.73. The van der Waals surface area contributed by atoms with Crippen LogP contribution in [0.5, 0.6) is 17.2 Å². The number of anilines is 1. The highest BCUT2D eigenvalue weighted by Gasteiger charge is 2.14. The van der Waals surface area contributed by atoms with E-state index in [1.165, 1.54) is 11.3 Å². The van der Waals surface area contributed by atoms with Gasteiger partial charge in [0.05, 0.1) is 32.1 Å². The predicted octanol–water partition coefficient (Wildman–Crippen LogP) is 4.37. The van der Waals surface area contributed by atoms with Crippen LogP contribution >= 0.6 is 11.3 Å². The third kappa shape index (κ3) is 6.45. The molecule has 0 aliphatic rings. The van der Waals surface area contributed by atoms with Crippen molar-refractivity contribution in [2.24, 2.45) is 0 Å².